The van der Waals surface area contributed by atoms with Gasteiger partial charge in [0.2, 0.25) is 0 Å². The summed E-state index contributed by atoms with van der Waals surface area (Å²) in [5, 5.41) is 9.61. The Morgan fingerprint density at radius 1 is 0.318 bits per heavy atom. The standard InChI is InChI=1S/C42H26N2/c1-2-10-27(11-3-1)38-24-22-28-20-21-29-23-25-39(44-42(29)41(28)43-38)36-18-8-17-35-34(36)16-9-19-37(35)40-32-14-6-4-12-30(32)26-31-13-5-7-15-33(31)40/h1-26H. The fourth-order valence-corrected chi connectivity index (χ4v) is 6.74. The van der Waals surface area contributed by atoms with Crippen molar-refractivity contribution in [3.63, 3.8) is 0 Å². The van der Waals surface area contributed by atoms with E-state index in [1.807, 2.05) is 6.07 Å². The highest BCUT2D eigenvalue weighted by atomic mass is 14.8. The summed E-state index contributed by atoms with van der Waals surface area (Å²) in [7, 11) is 0. The van der Waals surface area contributed by atoms with Crippen molar-refractivity contribution in [2.45, 2.75) is 0 Å². The Morgan fingerprint density at radius 2 is 0.818 bits per heavy atom. The molecule has 7 aromatic carbocycles. The number of hydrogen-bond donors (Lipinski definition) is 0. The average Bonchev–Trinajstić information content (AvgIpc) is 3.10. The lowest BCUT2D eigenvalue weighted by Crippen LogP contribution is -1.92. The predicted octanol–water partition coefficient (Wildman–Crippen LogP) is 11.2. The molecule has 204 valence electrons. The number of nitrogens with zero attached hydrogens (tertiary/aromatic N) is 2. The minimum atomic E-state index is 0.922. The Balaban J connectivity index is 1.28. The van der Waals surface area contributed by atoms with Gasteiger partial charge in [0.15, 0.2) is 0 Å². The van der Waals surface area contributed by atoms with Crippen LogP contribution < -0.4 is 0 Å². The molecule has 2 aromatic heterocycles. The van der Waals surface area contributed by atoms with Crippen molar-refractivity contribution in [1.82, 2.24) is 9.97 Å². The van der Waals surface area contributed by atoms with Crippen LogP contribution in [0.25, 0.3) is 87.8 Å². The Bertz CT molecular complexity index is 2490. The molecule has 2 heteroatoms. The lowest BCUT2D eigenvalue weighted by atomic mass is 9.88. The van der Waals surface area contributed by atoms with Crippen LogP contribution in [0.2, 0.25) is 0 Å². The van der Waals surface area contributed by atoms with Gasteiger partial charge in [-0.2, -0.15) is 0 Å². The zero-order valence-electron chi connectivity index (χ0n) is 23.9. The van der Waals surface area contributed by atoms with Gasteiger partial charge >= 0.3 is 0 Å². The maximum Gasteiger partial charge on any atom is 0.0972 e. The van der Waals surface area contributed by atoms with Crippen LogP contribution in [-0.4, -0.2) is 9.97 Å². The first-order valence-corrected chi connectivity index (χ1v) is 15.0. The molecule has 0 radical (unpaired) electrons. The minimum absolute atomic E-state index is 0.922. The second-order valence-electron chi connectivity index (χ2n) is 11.4. The van der Waals surface area contributed by atoms with Crippen LogP contribution in [0.5, 0.6) is 0 Å². The zero-order valence-corrected chi connectivity index (χ0v) is 23.9. The zero-order chi connectivity index (χ0) is 29.0. The number of fused-ring (bicyclic) bond motifs is 6. The SMILES string of the molecule is c1ccc(-c2ccc3ccc4ccc(-c5cccc6c(-c7c8ccccc8cc8ccccc78)cccc56)nc4c3n2)cc1. The van der Waals surface area contributed by atoms with Crippen LogP contribution in [0.1, 0.15) is 0 Å². The number of rotatable bonds is 3. The summed E-state index contributed by atoms with van der Waals surface area (Å²) in [6.45, 7) is 0. The molecule has 0 saturated heterocycles. The molecule has 0 atom stereocenters. The first-order valence-electron chi connectivity index (χ1n) is 15.0. The summed E-state index contributed by atoms with van der Waals surface area (Å²) in [4.78, 5) is 10.4. The largest absolute Gasteiger partial charge is 0.245 e. The lowest BCUT2D eigenvalue weighted by Gasteiger charge is -2.16. The molecule has 0 bridgehead atoms. The van der Waals surface area contributed by atoms with Gasteiger partial charge in [-0.3, -0.25) is 0 Å². The predicted molar refractivity (Wildman–Crippen MR) is 186 cm³/mol. The van der Waals surface area contributed by atoms with Gasteiger partial charge in [0.25, 0.3) is 0 Å². The fraction of sp³-hybridized carbons (Fsp3) is 0. The third kappa shape index (κ3) is 3.89. The van der Waals surface area contributed by atoms with Gasteiger partial charge in [-0.05, 0) is 61.6 Å². The molecule has 2 nitrogen and oxygen atoms in total. The topological polar surface area (TPSA) is 25.8 Å². The van der Waals surface area contributed by atoms with Crippen molar-refractivity contribution < 1.29 is 0 Å². The Morgan fingerprint density at radius 3 is 1.50 bits per heavy atom. The minimum Gasteiger partial charge on any atom is -0.245 e. The molecule has 0 unspecified atom stereocenters. The van der Waals surface area contributed by atoms with Crippen molar-refractivity contribution in [2.75, 3.05) is 0 Å². The van der Waals surface area contributed by atoms with E-state index in [1.54, 1.807) is 0 Å². The third-order valence-electron chi connectivity index (χ3n) is 8.83. The van der Waals surface area contributed by atoms with E-state index < -0.39 is 0 Å². The van der Waals surface area contributed by atoms with Crippen LogP contribution in [0.3, 0.4) is 0 Å². The summed E-state index contributed by atoms with van der Waals surface area (Å²) in [5.74, 6) is 0. The Labute approximate surface area is 254 Å². The summed E-state index contributed by atoms with van der Waals surface area (Å²) in [5.41, 5.74) is 8.48. The molecule has 0 amide bonds. The summed E-state index contributed by atoms with van der Waals surface area (Å²) < 4.78 is 0. The van der Waals surface area contributed by atoms with E-state index in [0.717, 1.165) is 44.3 Å². The monoisotopic (exact) mass is 558 g/mol. The number of pyridine rings is 2. The van der Waals surface area contributed by atoms with Crippen LogP contribution in [0, 0.1) is 0 Å². The molecular weight excluding hydrogens is 532 g/mol. The third-order valence-corrected chi connectivity index (χ3v) is 8.83. The normalized spacial score (nSPS) is 11.6. The molecule has 0 aliphatic rings. The van der Waals surface area contributed by atoms with Crippen molar-refractivity contribution >= 4 is 54.1 Å². The van der Waals surface area contributed by atoms with Crippen molar-refractivity contribution in [1.29, 1.82) is 0 Å². The maximum atomic E-state index is 5.30. The number of aromatic nitrogens is 2. The molecule has 0 fully saturated rings. The molecule has 0 aliphatic heterocycles. The van der Waals surface area contributed by atoms with Gasteiger partial charge in [0.05, 0.1) is 22.4 Å². The average molecular weight is 559 g/mol. The van der Waals surface area contributed by atoms with Gasteiger partial charge in [0.1, 0.15) is 0 Å². The van der Waals surface area contributed by atoms with E-state index in [0.29, 0.717) is 0 Å². The van der Waals surface area contributed by atoms with E-state index >= 15 is 0 Å². The van der Waals surface area contributed by atoms with Gasteiger partial charge in [-0.1, -0.05) is 140 Å². The van der Waals surface area contributed by atoms with E-state index in [2.05, 4.69) is 152 Å². The van der Waals surface area contributed by atoms with Crippen molar-refractivity contribution in [2.24, 2.45) is 0 Å². The lowest BCUT2D eigenvalue weighted by molar-refractivity contribution is 1.37. The van der Waals surface area contributed by atoms with E-state index in [4.69, 9.17) is 9.97 Å². The highest BCUT2D eigenvalue weighted by Crippen LogP contribution is 2.41. The number of hydrogen-bond acceptors (Lipinski definition) is 2. The van der Waals surface area contributed by atoms with E-state index in [1.165, 1.54) is 43.4 Å². The van der Waals surface area contributed by atoms with Gasteiger partial charge in [-0.25, -0.2) is 9.97 Å². The van der Waals surface area contributed by atoms with Crippen LogP contribution in [0.15, 0.2) is 158 Å². The summed E-state index contributed by atoms with van der Waals surface area (Å²) in [6, 6.07) is 56.2. The Hall–Kier alpha value is -5.86. The molecular formula is C42H26N2. The fourth-order valence-electron chi connectivity index (χ4n) is 6.74. The van der Waals surface area contributed by atoms with Gasteiger partial charge in [0, 0.05) is 21.9 Å². The van der Waals surface area contributed by atoms with Crippen LogP contribution >= 0.6 is 0 Å². The molecule has 0 saturated carbocycles. The highest BCUT2D eigenvalue weighted by Gasteiger charge is 2.15. The summed E-state index contributed by atoms with van der Waals surface area (Å²) in [6.07, 6.45) is 0. The summed E-state index contributed by atoms with van der Waals surface area (Å²) >= 11 is 0. The molecule has 44 heavy (non-hydrogen) atoms. The number of benzene rings is 7. The molecule has 0 spiro atoms. The molecule has 2 heterocycles. The van der Waals surface area contributed by atoms with E-state index in [9.17, 15) is 0 Å². The van der Waals surface area contributed by atoms with Crippen LogP contribution in [0.4, 0.5) is 0 Å². The van der Waals surface area contributed by atoms with Gasteiger partial charge in [-0.15, -0.1) is 0 Å². The van der Waals surface area contributed by atoms with E-state index in [-0.39, 0.29) is 0 Å². The van der Waals surface area contributed by atoms with Crippen LogP contribution in [-0.2, 0) is 0 Å². The first kappa shape index (κ1) is 24.7. The molecule has 0 N–H and O–H groups in total. The second kappa shape index (κ2) is 9.86. The van der Waals surface area contributed by atoms with Gasteiger partial charge < -0.3 is 0 Å². The first-order chi connectivity index (χ1) is 21.8. The quantitative estimate of drug-likeness (QED) is 0.159. The Kier molecular flexibility index (Phi) is 5.54. The molecule has 9 rings (SSSR count). The maximum absolute atomic E-state index is 5.30. The van der Waals surface area contributed by atoms with Crippen molar-refractivity contribution in [3.8, 4) is 33.6 Å². The molecule has 9 aromatic rings. The van der Waals surface area contributed by atoms with Crippen molar-refractivity contribution in [3.05, 3.63) is 158 Å². The smallest absolute Gasteiger partial charge is 0.0972 e. The molecule has 0 aliphatic carbocycles. The second-order valence-corrected chi connectivity index (χ2v) is 11.4. The highest BCUT2D eigenvalue weighted by molar-refractivity contribution is 6.18.